The predicted molar refractivity (Wildman–Crippen MR) is 80.5 cm³/mol. The molecule has 1 aromatic rings. The molecule has 0 aliphatic carbocycles. The van der Waals surface area contributed by atoms with Crippen molar-refractivity contribution in [3.8, 4) is 5.75 Å². The van der Waals surface area contributed by atoms with E-state index in [1.165, 1.54) is 32.1 Å². The van der Waals surface area contributed by atoms with E-state index < -0.39 is 0 Å². The Balaban J connectivity index is 0. The zero-order valence-corrected chi connectivity index (χ0v) is 12.3. The molecule has 0 unspecified atom stereocenters. The van der Waals surface area contributed by atoms with Gasteiger partial charge in [-0.1, -0.05) is 51.3 Å². The van der Waals surface area contributed by atoms with Crippen LogP contribution in [0.1, 0.15) is 46.0 Å². The van der Waals surface area contributed by atoms with Gasteiger partial charge in [0.1, 0.15) is 12.5 Å². The number of unbranched alkanes of at least 4 members (excludes halogenated alkanes) is 3. The first-order valence-electron chi connectivity index (χ1n) is 6.91. The molecule has 0 bridgehead atoms. The number of rotatable bonds is 7. The second kappa shape index (κ2) is 19.0. The van der Waals surface area contributed by atoms with Crippen LogP contribution in [0.2, 0.25) is 0 Å². The van der Waals surface area contributed by atoms with Gasteiger partial charge >= 0.3 is 0 Å². The molecule has 0 atom stereocenters. The van der Waals surface area contributed by atoms with Gasteiger partial charge in [0.15, 0.2) is 0 Å². The molecule has 3 heteroatoms. The van der Waals surface area contributed by atoms with E-state index in [2.05, 4.69) is 13.8 Å². The van der Waals surface area contributed by atoms with Crippen molar-refractivity contribution in [1.29, 1.82) is 0 Å². The summed E-state index contributed by atoms with van der Waals surface area (Å²) in [5.74, 6) is 0.322. The predicted octanol–water partition coefficient (Wildman–Crippen LogP) is 4.20. The standard InChI is InChI=1S/C9H20O.C6H6O.CH2O/c1-3-5-7-9-10-8-6-4-2;7-6-4-2-1-3-5-6;1-2/h3-9H2,1-2H3;1-5,7H;1H2. The van der Waals surface area contributed by atoms with E-state index in [-0.39, 0.29) is 0 Å². The first-order valence-corrected chi connectivity index (χ1v) is 6.91. The maximum absolute atomic E-state index is 8.63. The molecular weight excluding hydrogens is 240 g/mol. The number of phenolic OH excluding ortho intramolecular Hbond substituents is 1. The van der Waals surface area contributed by atoms with Crippen LogP contribution in [-0.4, -0.2) is 25.1 Å². The van der Waals surface area contributed by atoms with Crippen molar-refractivity contribution in [1.82, 2.24) is 0 Å². The van der Waals surface area contributed by atoms with Crippen LogP contribution in [0.3, 0.4) is 0 Å². The topological polar surface area (TPSA) is 46.5 Å². The van der Waals surface area contributed by atoms with Crippen LogP contribution in [0.4, 0.5) is 0 Å². The van der Waals surface area contributed by atoms with Gasteiger partial charge in [0.2, 0.25) is 0 Å². The van der Waals surface area contributed by atoms with Crippen LogP contribution in [0.25, 0.3) is 0 Å². The third kappa shape index (κ3) is 19.2. The minimum Gasteiger partial charge on any atom is -0.508 e. The highest BCUT2D eigenvalue weighted by Gasteiger charge is 1.86. The Morgan fingerprint density at radius 3 is 1.89 bits per heavy atom. The molecule has 0 heterocycles. The molecular formula is C16H28O3. The highest BCUT2D eigenvalue weighted by molar-refractivity contribution is 5.18. The lowest BCUT2D eigenvalue weighted by atomic mass is 10.3. The molecule has 0 amide bonds. The van der Waals surface area contributed by atoms with Gasteiger partial charge in [-0.3, -0.25) is 0 Å². The van der Waals surface area contributed by atoms with Gasteiger partial charge in [-0.25, -0.2) is 0 Å². The Morgan fingerprint density at radius 1 is 0.947 bits per heavy atom. The fourth-order valence-electron chi connectivity index (χ4n) is 1.23. The summed E-state index contributed by atoms with van der Waals surface area (Å²) in [6.45, 7) is 8.33. The summed E-state index contributed by atoms with van der Waals surface area (Å²) in [6, 6.07) is 8.71. The van der Waals surface area contributed by atoms with Crippen molar-refractivity contribution in [3.05, 3.63) is 30.3 Å². The lowest BCUT2D eigenvalue weighted by Gasteiger charge is -2.00. The van der Waals surface area contributed by atoms with Crippen molar-refractivity contribution in [2.75, 3.05) is 13.2 Å². The van der Waals surface area contributed by atoms with Crippen molar-refractivity contribution < 1.29 is 14.6 Å². The second-order valence-corrected chi connectivity index (χ2v) is 4.01. The number of phenols is 1. The number of aromatic hydroxyl groups is 1. The molecule has 0 spiro atoms. The molecule has 19 heavy (non-hydrogen) atoms. The van der Waals surface area contributed by atoms with Crippen LogP contribution in [-0.2, 0) is 9.53 Å². The van der Waals surface area contributed by atoms with E-state index in [1.807, 2.05) is 12.9 Å². The Hall–Kier alpha value is -1.35. The van der Waals surface area contributed by atoms with Gasteiger partial charge in [0, 0.05) is 13.2 Å². The lowest BCUT2D eigenvalue weighted by Crippen LogP contribution is -1.95. The molecule has 3 nitrogen and oxygen atoms in total. The summed E-state index contributed by atoms with van der Waals surface area (Å²) < 4.78 is 5.38. The van der Waals surface area contributed by atoms with Gasteiger partial charge in [-0.15, -0.1) is 0 Å². The van der Waals surface area contributed by atoms with Gasteiger partial charge in [-0.05, 0) is 25.0 Å². The molecule has 0 saturated carbocycles. The third-order valence-corrected chi connectivity index (χ3v) is 2.29. The van der Waals surface area contributed by atoms with E-state index in [1.54, 1.807) is 24.3 Å². The molecule has 0 saturated heterocycles. The Labute approximate surface area is 117 Å². The molecule has 0 aromatic heterocycles. The van der Waals surface area contributed by atoms with Crippen molar-refractivity contribution >= 4 is 6.79 Å². The average Bonchev–Trinajstić information content (AvgIpc) is 2.46. The van der Waals surface area contributed by atoms with E-state index in [4.69, 9.17) is 14.6 Å². The van der Waals surface area contributed by atoms with E-state index in [0.29, 0.717) is 5.75 Å². The summed E-state index contributed by atoms with van der Waals surface area (Å²) >= 11 is 0. The van der Waals surface area contributed by atoms with Crippen LogP contribution in [0.5, 0.6) is 5.75 Å². The number of ether oxygens (including phenoxy) is 1. The highest BCUT2D eigenvalue weighted by Crippen LogP contribution is 2.02. The number of hydrogen-bond donors (Lipinski definition) is 1. The maximum atomic E-state index is 8.63. The maximum Gasteiger partial charge on any atom is 0.115 e. The number of carbonyl (C=O) groups excluding carboxylic acids is 1. The van der Waals surface area contributed by atoms with Crippen LogP contribution in [0, 0.1) is 0 Å². The minimum absolute atomic E-state index is 0.322. The number of benzene rings is 1. The van der Waals surface area contributed by atoms with E-state index in [0.717, 1.165) is 13.2 Å². The number of hydrogen-bond acceptors (Lipinski definition) is 3. The molecule has 1 aromatic carbocycles. The number of carbonyl (C=O) groups is 1. The molecule has 1 rings (SSSR count). The molecule has 1 N–H and O–H groups in total. The zero-order chi connectivity index (χ0) is 14.8. The van der Waals surface area contributed by atoms with Crippen LogP contribution in [0.15, 0.2) is 30.3 Å². The normalized spacial score (nSPS) is 8.74. The molecule has 0 radical (unpaired) electrons. The smallest absolute Gasteiger partial charge is 0.115 e. The van der Waals surface area contributed by atoms with E-state index in [9.17, 15) is 0 Å². The van der Waals surface area contributed by atoms with Gasteiger partial charge < -0.3 is 14.6 Å². The summed E-state index contributed by atoms with van der Waals surface area (Å²) in [5, 5.41) is 8.63. The number of para-hydroxylation sites is 1. The molecule has 0 aliphatic heterocycles. The van der Waals surface area contributed by atoms with Gasteiger partial charge in [-0.2, -0.15) is 0 Å². The fraction of sp³-hybridized carbons (Fsp3) is 0.562. The monoisotopic (exact) mass is 268 g/mol. The summed E-state index contributed by atoms with van der Waals surface area (Å²) in [6.07, 6.45) is 6.30. The zero-order valence-electron chi connectivity index (χ0n) is 12.3. The molecule has 0 fully saturated rings. The molecule has 110 valence electrons. The van der Waals surface area contributed by atoms with Crippen LogP contribution >= 0.6 is 0 Å². The summed E-state index contributed by atoms with van der Waals surface area (Å²) in [5.41, 5.74) is 0. The summed E-state index contributed by atoms with van der Waals surface area (Å²) in [7, 11) is 0. The SMILES string of the molecule is C=O.CCCCCOCCCC.Oc1ccccc1. The largest absolute Gasteiger partial charge is 0.508 e. The fourth-order valence-corrected chi connectivity index (χ4v) is 1.23. The quantitative estimate of drug-likeness (QED) is 0.754. The Kier molecular flexibility index (Phi) is 20.0. The first-order chi connectivity index (χ1) is 9.31. The molecule has 0 aliphatic rings. The minimum atomic E-state index is 0.322. The third-order valence-electron chi connectivity index (χ3n) is 2.29. The average molecular weight is 268 g/mol. The highest BCUT2D eigenvalue weighted by atomic mass is 16.5. The van der Waals surface area contributed by atoms with Crippen LogP contribution < -0.4 is 0 Å². The van der Waals surface area contributed by atoms with Gasteiger partial charge in [0.25, 0.3) is 0 Å². The lowest BCUT2D eigenvalue weighted by molar-refractivity contribution is -0.0979. The Bertz CT molecular complexity index is 241. The second-order valence-electron chi connectivity index (χ2n) is 4.01. The summed E-state index contributed by atoms with van der Waals surface area (Å²) in [4.78, 5) is 8.00. The van der Waals surface area contributed by atoms with Crippen molar-refractivity contribution in [2.45, 2.75) is 46.0 Å². The van der Waals surface area contributed by atoms with Crippen molar-refractivity contribution in [2.24, 2.45) is 0 Å². The Morgan fingerprint density at radius 2 is 1.47 bits per heavy atom. The first kappa shape index (κ1) is 20.0. The van der Waals surface area contributed by atoms with Gasteiger partial charge in [0.05, 0.1) is 0 Å². The van der Waals surface area contributed by atoms with Crippen molar-refractivity contribution in [3.63, 3.8) is 0 Å². The van der Waals surface area contributed by atoms with E-state index >= 15 is 0 Å².